The highest BCUT2D eigenvalue weighted by molar-refractivity contribution is 5.75. The highest BCUT2D eigenvalue weighted by Gasteiger charge is 2.44. The van der Waals surface area contributed by atoms with Gasteiger partial charge in [-0.2, -0.15) is 0 Å². The van der Waals surface area contributed by atoms with Gasteiger partial charge in [0, 0.05) is 31.7 Å². The monoisotopic (exact) mass is 449 g/mol. The molecule has 0 aromatic heterocycles. The van der Waals surface area contributed by atoms with Crippen molar-refractivity contribution in [2.24, 2.45) is 5.92 Å². The van der Waals surface area contributed by atoms with Crippen molar-refractivity contribution in [3.05, 3.63) is 59.2 Å². The van der Waals surface area contributed by atoms with Crippen LogP contribution in [0.1, 0.15) is 55.0 Å². The van der Waals surface area contributed by atoms with Gasteiger partial charge < -0.3 is 19.7 Å². The van der Waals surface area contributed by atoms with Gasteiger partial charge in [-0.3, -0.25) is 4.90 Å². The molecule has 0 spiro atoms. The van der Waals surface area contributed by atoms with E-state index in [1.807, 2.05) is 25.1 Å². The second-order valence-corrected chi connectivity index (χ2v) is 9.64. The standard InChI is InChI=1S/C27H35N3O3/c1-18(20-10-11-25(32-2)26(15-20)33-3)28-27(31)30-13-6-8-21-17-29-14-12-19-7-4-5-9-22(19)24(29)16-23(21)30/h4-5,7,9-11,15,18,21,23-24H,6,8,12-14,16-17H2,1-3H3,(H,28,31)/t18-,21+,23-,24-/m1/s1. The van der Waals surface area contributed by atoms with Crippen LogP contribution in [0.2, 0.25) is 0 Å². The van der Waals surface area contributed by atoms with Crippen LogP contribution < -0.4 is 14.8 Å². The first-order valence-corrected chi connectivity index (χ1v) is 12.2. The molecule has 3 aliphatic heterocycles. The number of hydrogen-bond donors (Lipinski definition) is 1. The van der Waals surface area contributed by atoms with E-state index in [4.69, 9.17) is 9.47 Å². The van der Waals surface area contributed by atoms with Gasteiger partial charge >= 0.3 is 6.03 Å². The average molecular weight is 450 g/mol. The first-order chi connectivity index (χ1) is 16.1. The summed E-state index contributed by atoms with van der Waals surface area (Å²) in [5, 5.41) is 3.26. The van der Waals surface area contributed by atoms with Gasteiger partial charge in [0.25, 0.3) is 0 Å². The Morgan fingerprint density at radius 3 is 2.73 bits per heavy atom. The fourth-order valence-electron chi connectivity index (χ4n) is 6.12. The molecule has 33 heavy (non-hydrogen) atoms. The van der Waals surface area contributed by atoms with Crippen LogP contribution in [0.3, 0.4) is 0 Å². The van der Waals surface area contributed by atoms with Crippen LogP contribution in [0.15, 0.2) is 42.5 Å². The van der Waals surface area contributed by atoms with Crippen LogP contribution in [0.25, 0.3) is 0 Å². The molecular formula is C27H35N3O3. The summed E-state index contributed by atoms with van der Waals surface area (Å²) in [6, 6.07) is 15.3. The average Bonchev–Trinajstić information content (AvgIpc) is 2.86. The third kappa shape index (κ3) is 4.17. The Morgan fingerprint density at radius 1 is 1.09 bits per heavy atom. The molecule has 2 saturated heterocycles. The molecule has 176 valence electrons. The Bertz CT molecular complexity index is 1010. The molecule has 6 heteroatoms. The maximum atomic E-state index is 13.5. The zero-order valence-electron chi connectivity index (χ0n) is 19.9. The van der Waals surface area contributed by atoms with Crippen LogP contribution >= 0.6 is 0 Å². The lowest BCUT2D eigenvalue weighted by Crippen LogP contribution is -2.59. The molecule has 0 bridgehead atoms. The summed E-state index contributed by atoms with van der Waals surface area (Å²) in [4.78, 5) is 18.3. The summed E-state index contributed by atoms with van der Waals surface area (Å²) < 4.78 is 10.8. The lowest BCUT2D eigenvalue weighted by atomic mass is 9.77. The molecule has 3 aliphatic rings. The molecule has 2 aromatic rings. The molecule has 2 aromatic carbocycles. The van der Waals surface area contributed by atoms with Crippen LogP contribution in [-0.2, 0) is 6.42 Å². The molecule has 0 unspecified atom stereocenters. The van der Waals surface area contributed by atoms with E-state index in [9.17, 15) is 4.79 Å². The Morgan fingerprint density at radius 2 is 1.91 bits per heavy atom. The molecule has 6 nitrogen and oxygen atoms in total. The summed E-state index contributed by atoms with van der Waals surface area (Å²) in [5.74, 6) is 1.93. The number of fused-ring (bicyclic) bond motifs is 4. The predicted octanol–water partition coefficient (Wildman–Crippen LogP) is 4.56. The second-order valence-electron chi connectivity index (χ2n) is 9.64. The smallest absolute Gasteiger partial charge is 0.318 e. The minimum atomic E-state index is -0.117. The van der Waals surface area contributed by atoms with Gasteiger partial charge in [-0.05, 0) is 67.3 Å². The zero-order chi connectivity index (χ0) is 22.9. The van der Waals surface area contributed by atoms with Gasteiger partial charge in [-0.1, -0.05) is 30.3 Å². The third-order valence-electron chi connectivity index (χ3n) is 7.88. The number of urea groups is 1. The van der Waals surface area contributed by atoms with E-state index in [0.717, 1.165) is 44.5 Å². The van der Waals surface area contributed by atoms with Gasteiger partial charge in [0.05, 0.1) is 20.3 Å². The minimum absolute atomic E-state index is 0.0459. The minimum Gasteiger partial charge on any atom is -0.493 e. The first kappa shape index (κ1) is 22.1. The fraction of sp³-hybridized carbons (Fsp3) is 0.519. The molecule has 5 rings (SSSR count). The highest BCUT2D eigenvalue weighted by atomic mass is 16.5. The molecule has 0 radical (unpaired) electrons. The van der Waals surface area contributed by atoms with Gasteiger partial charge in [0.1, 0.15) is 0 Å². The number of ether oxygens (including phenoxy) is 2. The second kappa shape index (κ2) is 9.26. The number of carbonyl (C=O) groups is 1. The topological polar surface area (TPSA) is 54.0 Å². The molecule has 3 heterocycles. The summed E-state index contributed by atoms with van der Waals surface area (Å²) in [6.07, 6.45) is 4.45. The Labute approximate surface area is 196 Å². The largest absolute Gasteiger partial charge is 0.493 e. The molecule has 2 fully saturated rings. The van der Waals surface area contributed by atoms with E-state index in [-0.39, 0.29) is 12.1 Å². The fourth-order valence-corrected chi connectivity index (χ4v) is 6.12. The van der Waals surface area contributed by atoms with Crippen molar-refractivity contribution in [2.75, 3.05) is 33.9 Å². The molecule has 1 N–H and O–H groups in total. The van der Waals surface area contributed by atoms with Gasteiger partial charge in [0.2, 0.25) is 0 Å². The lowest BCUT2D eigenvalue weighted by Gasteiger charge is -2.52. The summed E-state index contributed by atoms with van der Waals surface area (Å²) >= 11 is 0. The number of hydrogen-bond acceptors (Lipinski definition) is 4. The van der Waals surface area contributed by atoms with E-state index < -0.39 is 0 Å². The lowest BCUT2D eigenvalue weighted by molar-refractivity contribution is 0.00533. The Hall–Kier alpha value is -2.73. The van der Waals surface area contributed by atoms with Crippen LogP contribution in [-0.4, -0.2) is 55.7 Å². The van der Waals surface area contributed by atoms with Crippen molar-refractivity contribution in [3.63, 3.8) is 0 Å². The Kier molecular flexibility index (Phi) is 6.19. The van der Waals surface area contributed by atoms with Crippen molar-refractivity contribution < 1.29 is 14.3 Å². The number of rotatable bonds is 4. The molecule has 0 aliphatic carbocycles. The number of nitrogens with zero attached hydrogens (tertiary/aromatic N) is 2. The van der Waals surface area contributed by atoms with E-state index in [1.165, 1.54) is 17.5 Å². The van der Waals surface area contributed by atoms with Crippen LogP contribution in [0.4, 0.5) is 4.79 Å². The molecule has 2 amide bonds. The molecular weight excluding hydrogens is 414 g/mol. The number of methoxy groups -OCH3 is 2. The predicted molar refractivity (Wildman–Crippen MR) is 129 cm³/mol. The summed E-state index contributed by atoms with van der Waals surface area (Å²) in [7, 11) is 3.26. The third-order valence-corrected chi connectivity index (χ3v) is 7.88. The molecule has 0 saturated carbocycles. The normalized spacial score (nSPS) is 25.3. The Balaban J connectivity index is 1.32. The van der Waals surface area contributed by atoms with Crippen molar-refractivity contribution in [2.45, 2.75) is 50.7 Å². The number of nitrogens with one attached hydrogen (secondary N) is 1. The van der Waals surface area contributed by atoms with Crippen molar-refractivity contribution >= 4 is 6.03 Å². The van der Waals surface area contributed by atoms with Gasteiger partial charge in [0.15, 0.2) is 11.5 Å². The molecule has 4 atom stereocenters. The number of likely N-dealkylation sites (tertiary alicyclic amines) is 1. The number of piperidine rings is 2. The quantitative estimate of drug-likeness (QED) is 0.744. The maximum Gasteiger partial charge on any atom is 0.318 e. The van der Waals surface area contributed by atoms with Gasteiger partial charge in [-0.15, -0.1) is 0 Å². The summed E-state index contributed by atoms with van der Waals surface area (Å²) in [5.41, 5.74) is 3.95. The summed E-state index contributed by atoms with van der Waals surface area (Å²) in [6.45, 7) is 5.09. The van der Waals surface area contributed by atoms with E-state index in [2.05, 4.69) is 39.4 Å². The number of amides is 2. The number of carbonyl (C=O) groups excluding carboxylic acids is 1. The maximum absolute atomic E-state index is 13.5. The van der Waals surface area contributed by atoms with Crippen molar-refractivity contribution in [1.82, 2.24) is 15.1 Å². The van der Waals surface area contributed by atoms with Crippen LogP contribution in [0.5, 0.6) is 11.5 Å². The van der Waals surface area contributed by atoms with Crippen LogP contribution in [0, 0.1) is 5.92 Å². The van der Waals surface area contributed by atoms with E-state index in [1.54, 1.807) is 14.2 Å². The highest BCUT2D eigenvalue weighted by Crippen LogP contribution is 2.43. The van der Waals surface area contributed by atoms with Crippen molar-refractivity contribution in [1.29, 1.82) is 0 Å². The van der Waals surface area contributed by atoms with E-state index >= 15 is 0 Å². The van der Waals surface area contributed by atoms with E-state index in [0.29, 0.717) is 29.5 Å². The zero-order valence-corrected chi connectivity index (χ0v) is 19.9. The van der Waals surface area contributed by atoms with Crippen molar-refractivity contribution in [3.8, 4) is 11.5 Å². The van der Waals surface area contributed by atoms with Gasteiger partial charge in [-0.25, -0.2) is 4.79 Å². The number of benzene rings is 2. The SMILES string of the molecule is COc1ccc([C@@H](C)NC(=O)N2CCC[C@H]3CN4CCc5ccccc5[C@H]4C[C@H]32)cc1OC. The first-order valence-electron chi connectivity index (χ1n) is 12.2.